The number of aryl methyl sites for hydroxylation is 1. The highest BCUT2D eigenvalue weighted by atomic mass is 35.5. The number of halogens is 1. The second-order valence-corrected chi connectivity index (χ2v) is 18.6. The van der Waals surface area contributed by atoms with Crippen molar-refractivity contribution in [3.05, 3.63) is 49.9 Å². The zero-order valence-corrected chi connectivity index (χ0v) is 32.8. The molecular formula is C41H55ClN4O5S. The van der Waals surface area contributed by atoms with E-state index in [-0.39, 0.29) is 23.9 Å². The second kappa shape index (κ2) is 14.2. The molecule has 52 heavy (non-hydrogen) atoms. The van der Waals surface area contributed by atoms with Gasteiger partial charge in [-0.25, -0.2) is 0 Å². The third-order valence-electron chi connectivity index (χ3n) is 13.6. The molecule has 2 aliphatic heterocycles. The number of piperidine rings is 1. The molecule has 5 saturated carbocycles. The molecule has 5 aliphatic carbocycles. The summed E-state index contributed by atoms with van der Waals surface area (Å²) in [6.45, 7) is 7.54. The molecule has 9 rings (SSSR count). The molecule has 1 atom stereocenters. The van der Waals surface area contributed by atoms with Crippen molar-refractivity contribution < 1.29 is 19.1 Å². The molecule has 1 saturated heterocycles. The number of hydrogen-bond donors (Lipinski definition) is 3. The third kappa shape index (κ3) is 7.01. The van der Waals surface area contributed by atoms with E-state index in [4.69, 9.17) is 21.1 Å². The van der Waals surface area contributed by atoms with Crippen molar-refractivity contribution in [2.45, 2.75) is 134 Å². The van der Waals surface area contributed by atoms with Crippen molar-refractivity contribution in [3.8, 4) is 11.5 Å². The van der Waals surface area contributed by atoms with Crippen molar-refractivity contribution in [2.75, 3.05) is 19.3 Å². The summed E-state index contributed by atoms with van der Waals surface area (Å²) in [6.07, 6.45) is 16.9. The van der Waals surface area contributed by atoms with Crippen LogP contribution in [-0.2, 0) is 11.3 Å². The van der Waals surface area contributed by atoms with E-state index in [1.807, 2.05) is 33.1 Å². The fourth-order valence-corrected chi connectivity index (χ4v) is 12.3. The standard InChI is InChI=1S/C41H55ClN4O5S/c1-23-13-34(52-4)32(39(49)44-23)22-43-38(48)31-17-33(42)37-36(24(31)2)50-40(3,51-37)28-5-7-29(8-6-28)45-30-9-11-46(12-10-30)35(47)21-41-18-25-14-26(19-41)16-27(15-25)20-41/h13,17,25-30,45H,5-12,14-16,18-22H2,1-4H3,(H,43,48)(H,44,49). The Kier molecular flexibility index (Phi) is 9.90. The van der Waals surface area contributed by atoms with E-state index in [0.717, 1.165) is 86.4 Å². The summed E-state index contributed by atoms with van der Waals surface area (Å²) >= 11 is 8.20. The Balaban J connectivity index is 0.820. The molecule has 9 nitrogen and oxygen atoms in total. The topological polar surface area (TPSA) is 113 Å². The largest absolute Gasteiger partial charge is 0.448 e. The van der Waals surface area contributed by atoms with E-state index in [1.54, 1.807) is 6.07 Å². The number of aromatic nitrogens is 1. The van der Waals surface area contributed by atoms with E-state index in [0.29, 0.717) is 56.6 Å². The fourth-order valence-electron chi connectivity index (χ4n) is 11.4. The lowest BCUT2D eigenvalue weighted by Crippen LogP contribution is -2.52. The number of rotatable bonds is 9. The molecule has 11 heteroatoms. The predicted molar refractivity (Wildman–Crippen MR) is 204 cm³/mol. The van der Waals surface area contributed by atoms with Gasteiger partial charge in [0.15, 0.2) is 11.5 Å². The predicted octanol–water partition coefficient (Wildman–Crippen LogP) is 7.53. The van der Waals surface area contributed by atoms with Gasteiger partial charge in [-0.05, 0) is 132 Å². The van der Waals surface area contributed by atoms with Gasteiger partial charge in [0, 0.05) is 78.3 Å². The lowest BCUT2D eigenvalue weighted by molar-refractivity contribution is -0.140. The molecule has 7 aliphatic rings. The lowest BCUT2D eigenvalue weighted by atomic mass is 9.49. The number of hydrogen-bond acceptors (Lipinski definition) is 7. The number of amides is 2. The highest BCUT2D eigenvalue weighted by Gasteiger charge is 2.52. The molecule has 1 aromatic heterocycles. The van der Waals surface area contributed by atoms with Gasteiger partial charge in [0.1, 0.15) is 0 Å². The van der Waals surface area contributed by atoms with Gasteiger partial charge in [0.25, 0.3) is 17.3 Å². The van der Waals surface area contributed by atoms with Crippen molar-refractivity contribution in [2.24, 2.45) is 29.1 Å². The molecule has 3 heterocycles. The first-order valence-electron chi connectivity index (χ1n) is 19.7. The van der Waals surface area contributed by atoms with Crippen LogP contribution in [0.1, 0.15) is 118 Å². The Morgan fingerprint density at radius 1 is 0.942 bits per heavy atom. The van der Waals surface area contributed by atoms with Crippen LogP contribution in [0.15, 0.2) is 21.8 Å². The number of thioether (sulfide) groups is 1. The summed E-state index contributed by atoms with van der Waals surface area (Å²) in [7, 11) is 0. The Morgan fingerprint density at radius 3 is 2.19 bits per heavy atom. The molecule has 0 spiro atoms. The molecule has 2 amide bonds. The molecule has 6 fully saturated rings. The minimum absolute atomic E-state index is 0.101. The molecule has 0 radical (unpaired) electrons. The minimum Gasteiger partial charge on any atom is -0.448 e. The van der Waals surface area contributed by atoms with Crippen LogP contribution in [0.3, 0.4) is 0 Å². The Labute approximate surface area is 317 Å². The number of likely N-dealkylation sites (tertiary alicyclic amines) is 1. The quantitative estimate of drug-likeness (QED) is 0.227. The van der Waals surface area contributed by atoms with Gasteiger partial charge in [-0.15, -0.1) is 11.8 Å². The Hall–Kier alpha value is -2.69. The van der Waals surface area contributed by atoms with E-state index >= 15 is 0 Å². The first-order chi connectivity index (χ1) is 24.9. The van der Waals surface area contributed by atoms with Crippen molar-refractivity contribution in [3.63, 3.8) is 0 Å². The van der Waals surface area contributed by atoms with Crippen molar-refractivity contribution in [1.29, 1.82) is 0 Å². The van der Waals surface area contributed by atoms with Crippen molar-refractivity contribution in [1.82, 2.24) is 20.5 Å². The average Bonchev–Trinajstić information content (AvgIpc) is 3.48. The number of fused-ring (bicyclic) bond motifs is 1. The summed E-state index contributed by atoms with van der Waals surface area (Å²) in [5, 5.41) is 7.20. The normalized spacial score (nSPS) is 32.3. The molecule has 3 N–H and O–H groups in total. The van der Waals surface area contributed by atoms with Crippen molar-refractivity contribution >= 4 is 35.2 Å². The number of carbonyl (C=O) groups excluding carboxylic acids is 2. The van der Waals surface area contributed by atoms with Crippen LogP contribution in [0, 0.1) is 42.9 Å². The van der Waals surface area contributed by atoms with Gasteiger partial charge in [-0.1, -0.05) is 11.6 Å². The molecular weight excluding hydrogens is 696 g/mol. The SMILES string of the molecule is CSc1cc(C)[nH]c(=O)c1CNC(=O)c1cc(Cl)c2c(c1C)OC(C)(C1CCC(NC3CCN(C(=O)CC45CC6CC(CC(C6)C4)C5)CC3)CC1)O2. The summed E-state index contributed by atoms with van der Waals surface area (Å²) in [5.41, 5.74) is 2.48. The van der Waals surface area contributed by atoms with Crippen LogP contribution in [0.4, 0.5) is 0 Å². The number of H-pyrrole nitrogens is 1. The number of nitrogens with zero attached hydrogens (tertiary/aromatic N) is 1. The molecule has 282 valence electrons. The Morgan fingerprint density at radius 2 is 1.56 bits per heavy atom. The maximum atomic E-state index is 13.5. The monoisotopic (exact) mass is 750 g/mol. The van der Waals surface area contributed by atoms with Crippen LogP contribution >= 0.6 is 23.4 Å². The number of aromatic amines is 1. The number of pyridine rings is 1. The summed E-state index contributed by atoms with van der Waals surface area (Å²) in [6, 6.07) is 4.44. The van der Waals surface area contributed by atoms with Crippen LogP contribution in [-0.4, -0.2) is 58.9 Å². The average molecular weight is 751 g/mol. The minimum atomic E-state index is -0.873. The second-order valence-electron chi connectivity index (χ2n) is 17.4. The van der Waals surface area contributed by atoms with Gasteiger partial charge < -0.3 is 30.0 Å². The van der Waals surface area contributed by atoms with E-state index < -0.39 is 5.79 Å². The van der Waals surface area contributed by atoms with Gasteiger partial charge in [0.05, 0.1) is 5.02 Å². The number of carbonyl (C=O) groups is 2. The molecule has 4 bridgehead atoms. The third-order valence-corrected chi connectivity index (χ3v) is 14.7. The maximum Gasteiger partial charge on any atom is 0.254 e. The molecule has 1 unspecified atom stereocenters. The zero-order chi connectivity index (χ0) is 36.4. The van der Waals surface area contributed by atoms with Crippen LogP contribution in [0.25, 0.3) is 0 Å². The highest BCUT2D eigenvalue weighted by molar-refractivity contribution is 7.98. The summed E-state index contributed by atoms with van der Waals surface area (Å²) in [4.78, 5) is 45.4. The maximum absolute atomic E-state index is 13.5. The molecule has 2 aromatic rings. The van der Waals surface area contributed by atoms with E-state index in [2.05, 4.69) is 20.5 Å². The van der Waals surface area contributed by atoms with E-state index in [1.165, 1.54) is 50.3 Å². The number of nitrogens with one attached hydrogen (secondary N) is 3. The number of benzene rings is 1. The first kappa shape index (κ1) is 36.3. The van der Waals surface area contributed by atoms with E-state index in [9.17, 15) is 14.4 Å². The summed E-state index contributed by atoms with van der Waals surface area (Å²) in [5.74, 6) is 3.07. The van der Waals surface area contributed by atoms with Crippen LogP contribution < -0.4 is 25.7 Å². The lowest BCUT2D eigenvalue weighted by Gasteiger charge is -2.57. The van der Waals surface area contributed by atoms with Gasteiger partial charge in [-0.2, -0.15) is 0 Å². The van der Waals surface area contributed by atoms with Crippen LogP contribution in [0.2, 0.25) is 5.02 Å². The smallest absolute Gasteiger partial charge is 0.254 e. The van der Waals surface area contributed by atoms with Gasteiger partial charge in [0.2, 0.25) is 5.91 Å². The van der Waals surface area contributed by atoms with Gasteiger partial charge >= 0.3 is 0 Å². The first-order valence-corrected chi connectivity index (χ1v) is 21.3. The highest BCUT2D eigenvalue weighted by Crippen LogP contribution is 2.61. The summed E-state index contributed by atoms with van der Waals surface area (Å²) < 4.78 is 13.1. The molecule has 1 aromatic carbocycles. The number of ether oxygens (including phenoxy) is 2. The fraction of sp³-hybridized carbons (Fsp3) is 0.683. The Bertz CT molecular complexity index is 1750. The zero-order valence-electron chi connectivity index (χ0n) is 31.2. The van der Waals surface area contributed by atoms with Crippen LogP contribution in [0.5, 0.6) is 11.5 Å². The van der Waals surface area contributed by atoms with Gasteiger partial charge in [-0.3, -0.25) is 14.4 Å².